The lowest BCUT2D eigenvalue weighted by Gasteiger charge is -2.19. The quantitative estimate of drug-likeness (QED) is 0.645. The number of rotatable bonds is 1. The molecule has 1 aromatic rings. The molecule has 4 nitrogen and oxygen atoms in total. The molecule has 2 rings (SSSR count). The fraction of sp³-hybridized carbons (Fsp3) is 0.455. The van der Waals surface area contributed by atoms with Crippen LogP contribution < -0.4 is 0 Å². The van der Waals surface area contributed by atoms with E-state index in [4.69, 9.17) is 0 Å². The highest BCUT2D eigenvalue weighted by Gasteiger charge is 2.27. The third-order valence-electron chi connectivity index (χ3n) is 2.56. The Morgan fingerprint density at radius 1 is 1.27 bits per heavy atom. The average molecular weight is 204 g/mol. The van der Waals surface area contributed by atoms with E-state index >= 15 is 0 Å². The van der Waals surface area contributed by atoms with Crippen molar-refractivity contribution in [2.45, 2.75) is 32.1 Å². The second-order valence-corrected chi connectivity index (χ2v) is 3.89. The third kappa shape index (κ3) is 2.26. The topological polar surface area (TPSA) is 59.9 Å². The summed E-state index contributed by atoms with van der Waals surface area (Å²) in [5, 5.41) is 0. The highest BCUT2D eigenvalue weighted by Crippen LogP contribution is 2.27. The van der Waals surface area contributed by atoms with Gasteiger partial charge in [0.1, 0.15) is 17.4 Å². The average Bonchev–Trinajstić information content (AvgIpc) is 2.16. The van der Waals surface area contributed by atoms with Crippen LogP contribution in [0.1, 0.15) is 36.7 Å². The number of ketones is 2. The number of hydrogen-bond acceptors (Lipinski definition) is 4. The van der Waals surface area contributed by atoms with Crippen LogP contribution in [0.5, 0.6) is 0 Å². The number of nitrogens with zero attached hydrogens (tertiary/aromatic N) is 2. The molecule has 0 N–H and O–H groups in total. The number of carbonyl (C=O) groups is 2. The summed E-state index contributed by atoms with van der Waals surface area (Å²) in [6, 6.07) is 1.78. The Morgan fingerprint density at radius 2 is 1.93 bits per heavy atom. The van der Waals surface area contributed by atoms with Crippen LogP contribution in [0.2, 0.25) is 0 Å². The van der Waals surface area contributed by atoms with Crippen LogP contribution in [0.15, 0.2) is 12.3 Å². The largest absolute Gasteiger partial charge is 0.299 e. The van der Waals surface area contributed by atoms with Gasteiger partial charge in [-0.2, -0.15) is 0 Å². The van der Waals surface area contributed by atoms with Gasteiger partial charge in [-0.05, 0) is 13.0 Å². The first-order valence-electron chi connectivity index (χ1n) is 4.98. The molecule has 1 aliphatic rings. The van der Waals surface area contributed by atoms with Crippen LogP contribution in [0.3, 0.4) is 0 Å². The van der Waals surface area contributed by atoms with Crippen molar-refractivity contribution in [2.75, 3.05) is 0 Å². The number of aryl methyl sites for hydroxylation is 1. The number of Topliss-reactive ketones (excluding diaryl/α,β-unsaturated/α-hetero) is 2. The van der Waals surface area contributed by atoms with E-state index in [0.717, 1.165) is 5.69 Å². The van der Waals surface area contributed by atoms with Gasteiger partial charge in [0.15, 0.2) is 0 Å². The molecule has 0 aromatic carbocycles. The minimum Gasteiger partial charge on any atom is -0.299 e. The van der Waals surface area contributed by atoms with Gasteiger partial charge in [-0.25, -0.2) is 9.97 Å². The molecule has 15 heavy (non-hydrogen) atoms. The summed E-state index contributed by atoms with van der Waals surface area (Å²) < 4.78 is 0. The predicted octanol–water partition coefficient (Wildman–Crippen LogP) is 1.19. The smallest absolute Gasteiger partial charge is 0.140 e. The highest BCUT2D eigenvalue weighted by molar-refractivity contribution is 6.02. The summed E-state index contributed by atoms with van der Waals surface area (Å²) in [5.74, 6) is 0.679. The SMILES string of the molecule is Cc1nccc(C2CC(=O)CC(=O)C2)n1. The number of hydrogen-bond donors (Lipinski definition) is 0. The molecule has 0 atom stereocenters. The van der Waals surface area contributed by atoms with E-state index < -0.39 is 0 Å². The van der Waals surface area contributed by atoms with Gasteiger partial charge in [0.2, 0.25) is 0 Å². The lowest BCUT2D eigenvalue weighted by atomic mass is 9.85. The molecular weight excluding hydrogens is 192 g/mol. The second kappa shape index (κ2) is 3.88. The zero-order chi connectivity index (χ0) is 10.8. The molecule has 0 radical (unpaired) electrons. The van der Waals surface area contributed by atoms with Gasteiger partial charge in [0.25, 0.3) is 0 Å². The van der Waals surface area contributed by atoms with Gasteiger partial charge in [-0.15, -0.1) is 0 Å². The first kappa shape index (κ1) is 9.96. The molecule has 1 aliphatic carbocycles. The third-order valence-corrected chi connectivity index (χ3v) is 2.56. The fourth-order valence-corrected chi connectivity index (χ4v) is 1.90. The zero-order valence-corrected chi connectivity index (χ0v) is 8.56. The normalized spacial score (nSPS) is 18.2. The maximum atomic E-state index is 11.3. The Balaban J connectivity index is 2.23. The molecule has 78 valence electrons. The molecule has 1 aromatic heterocycles. The van der Waals surface area contributed by atoms with E-state index in [1.165, 1.54) is 0 Å². The fourth-order valence-electron chi connectivity index (χ4n) is 1.90. The Kier molecular flexibility index (Phi) is 2.58. The van der Waals surface area contributed by atoms with Crippen molar-refractivity contribution in [1.82, 2.24) is 9.97 Å². The van der Waals surface area contributed by atoms with Crippen molar-refractivity contribution in [3.05, 3.63) is 23.8 Å². The van der Waals surface area contributed by atoms with Gasteiger partial charge in [0, 0.05) is 30.7 Å². The summed E-state index contributed by atoms with van der Waals surface area (Å²) in [6.07, 6.45) is 2.63. The summed E-state index contributed by atoms with van der Waals surface area (Å²) in [7, 11) is 0. The van der Waals surface area contributed by atoms with Crippen LogP contribution in [0.4, 0.5) is 0 Å². The molecule has 0 bridgehead atoms. The summed E-state index contributed by atoms with van der Waals surface area (Å²) >= 11 is 0. The van der Waals surface area contributed by atoms with Crippen LogP contribution >= 0.6 is 0 Å². The monoisotopic (exact) mass is 204 g/mol. The maximum absolute atomic E-state index is 11.3. The van der Waals surface area contributed by atoms with Gasteiger partial charge in [-0.3, -0.25) is 9.59 Å². The lowest BCUT2D eigenvalue weighted by molar-refractivity contribution is -0.130. The molecular formula is C11H12N2O2. The van der Waals surface area contributed by atoms with Crippen LogP contribution in [0, 0.1) is 6.92 Å². The van der Waals surface area contributed by atoms with E-state index in [0.29, 0.717) is 18.7 Å². The van der Waals surface area contributed by atoms with E-state index in [1.807, 2.05) is 0 Å². The Hall–Kier alpha value is -1.58. The Labute approximate surface area is 87.7 Å². The molecule has 0 spiro atoms. The van der Waals surface area contributed by atoms with Crippen molar-refractivity contribution < 1.29 is 9.59 Å². The van der Waals surface area contributed by atoms with E-state index in [-0.39, 0.29) is 23.9 Å². The summed E-state index contributed by atoms with van der Waals surface area (Å²) in [6.45, 7) is 1.80. The van der Waals surface area contributed by atoms with E-state index in [9.17, 15) is 9.59 Å². The van der Waals surface area contributed by atoms with Gasteiger partial charge in [0.05, 0.1) is 6.42 Å². The van der Waals surface area contributed by atoms with Crippen LogP contribution in [-0.4, -0.2) is 21.5 Å². The highest BCUT2D eigenvalue weighted by atomic mass is 16.1. The lowest BCUT2D eigenvalue weighted by Crippen LogP contribution is -2.22. The van der Waals surface area contributed by atoms with Gasteiger partial charge in [-0.1, -0.05) is 0 Å². The predicted molar refractivity (Wildman–Crippen MR) is 53.4 cm³/mol. The molecule has 0 saturated heterocycles. The first-order chi connectivity index (χ1) is 7.15. The second-order valence-electron chi connectivity index (χ2n) is 3.89. The van der Waals surface area contributed by atoms with Crippen molar-refractivity contribution in [3.63, 3.8) is 0 Å². The molecule has 0 amide bonds. The van der Waals surface area contributed by atoms with Crippen molar-refractivity contribution in [1.29, 1.82) is 0 Å². The number of aromatic nitrogens is 2. The first-order valence-corrected chi connectivity index (χ1v) is 4.98. The molecule has 1 heterocycles. The summed E-state index contributed by atoms with van der Waals surface area (Å²) in [4.78, 5) is 30.8. The van der Waals surface area contributed by atoms with Gasteiger partial charge < -0.3 is 0 Å². The molecule has 1 fully saturated rings. The van der Waals surface area contributed by atoms with Crippen LogP contribution in [-0.2, 0) is 9.59 Å². The Morgan fingerprint density at radius 3 is 2.53 bits per heavy atom. The standard InChI is InChI=1S/C11H12N2O2/c1-7-12-3-2-11(13-7)8-4-9(14)6-10(15)5-8/h2-3,8H,4-6H2,1H3. The molecule has 0 unspecified atom stereocenters. The minimum atomic E-state index is -0.0413. The van der Waals surface area contributed by atoms with E-state index in [1.54, 1.807) is 19.2 Å². The maximum Gasteiger partial charge on any atom is 0.140 e. The molecule has 1 saturated carbocycles. The van der Waals surface area contributed by atoms with E-state index in [2.05, 4.69) is 9.97 Å². The van der Waals surface area contributed by atoms with Crippen LogP contribution in [0.25, 0.3) is 0 Å². The summed E-state index contributed by atoms with van der Waals surface area (Å²) in [5.41, 5.74) is 0.809. The molecule has 4 heteroatoms. The minimum absolute atomic E-state index is 0.0208. The number of carbonyl (C=O) groups excluding carboxylic acids is 2. The zero-order valence-electron chi connectivity index (χ0n) is 8.56. The van der Waals surface area contributed by atoms with Crippen molar-refractivity contribution >= 4 is 11.6 Å². The van der Waals surface area contributed by atoms with Crippen molar-refractivity contribution in [2.24, 2.45) is 0 Å². The Bertz CT molecular complexity index is 399. The van der Waals surface area contributed by atoms with Crippen molar-refractivity contribution in [3.8, 4) is 0 Å². The van der Waals surface area contributed by atoms with Gasteiger partial charge >= 0.3 is 0 Å². The molecule has 0 aliphatic heterocycles.